The predicted octanol–water partition coefficient (Wildman–Crippen LogP) is 2.51. The third-order valence-electron chi connectivity index (χ3n) is 6.40. The molecular weight excluding hydrogens is 368 g/mol. The first-order valence-electron chi connectivity index (χ1n) is 10.3. The molecule has 7 heteroatoms. The van der Waals surface area contributed by atoms with E-state index < -0.39 is 0 Å². The number of carbonyl (C=O) groups is 2. The summed E-state index contributed by atoms with van der Waals surface area (Å²) < 4.78 is 5.17. The van der Waals surface area contributed by atoms with Gasteiger partial charge in [0.2, 0.25) is 5.91 Å². The molecule has 3 heterocycles. The number of benzene rings is 1. The van der Waals surface area contributed by atoms with Crippen molar-refractivity contribution in [3.8, 4) is 5.75 Å². The van der Waals surface area contributed by atoms with Crippen molar-refractivity contribution in [1.82, 2.24) is 19.8 Å². The lowest BCUT2D eigenvalue weighted by Crippen LogP contribution is -2.52. The van der Waals surface area contributed by atoms with E-state index in [-0.39, 0.29) is 17.2 Å². The Morgan fingerprint density at radius 2 is 1.97 bits per heavy atom. The summed E-state index contributed by atoms with van der Waals surface area (Å²) in [5.74, 6) is 1.07. The molecule has 0 unspecified atom stereocenters. The molecule has 1 aromatic heterocycles. The third kappa shape index (κ3) is 4.28. The lowest BCUT2D eigenvalue weighted by molar-refractivity contribution is -0.138. The van der Waals surface area contributed by atoms with Gasteiger partial charge in [0.1, 0.15) is 5.75 Å². The summed E-state index contributed by atoms with van der Waals surface area (Å²) in [5, 5.41) is 0. The standard InChI is InChI=1S/C22H28N4O3/c1-29-19-4-2-17(3-5-19)21(28)25-12-9-22(10-13-25)8-6-20(27)26(15-22)11-7-18-14-23-16-24-18/h2-5,14,16H,6-13,15H2,1H3,(H,23,24). The zero-order chi connectivity index (χ0) is 20.3. The van der Waals surface area contributed by atoms with Crippen molar-refractivity contribution in [1.29, 1.82) is 0 Å². The first-order valence-corrected chi connectivity index (χ1v) is 10.3. The number of rotatable bonds is 5. The Morgan fingerprint density at radius 1 is 1.21 bits per heavy atom. The van der Waals surface area contributed by atoms with Crippen molar-refractivity contribution in [2.45, 2.75) is 32.1 Å². The molecule has 29 heavy (non-hydrogen) atoms. The fourth-order valence-electron chi connectivity index (χ4n) is 4.49. The first-order chi connectivity index (χ1) is 14.1. The Bertz CT molecular complexity index is 839. The average molecular weight is 396 g/mol. The normalized spacial score (nSPS) is 18.9. The summed E-state index contributed by atoms with van der Waals surface area (Å²) in [6, 6.07) is 7.29. The van der Waals surface area contributed by atoms with E-state index in [4.69, 9.17) is 4.74 Å². The molecule has 7 nitrogen and oxygen atoms in total. The third-order valence-corrected chi connectivity index (χ3v) is 6.40. The zero-order valence-electron chi connectivity index (χ0n) is 16.9. The summed E-state index contributed by atoms with van der Waals surface area (Å²) >= 11 is 0. The van der Waals surface area contributed by atoms with Crippen LogP contribution >= 0.6 is 0 Å². The SMILES string of the molecule is COc1ccc(C(=O)N2CCC3(CCC(=O)N(CCc4cnc[nH]4)C3)CC2)cc1. The van der Waals surface area contributed by atoms with Crippen molar-refractivity contribution in [2.24, 2.45) is 5.41 Å². The van der Waals surface area contributed by atoms with Gasteiger partial charge in [-0.3, -0.25) is 9.59 Å². The maximum absolute atomic E-state index is 12.8. The lowest BCUT2D eigenvalue weighted by Gasteiger charge is -2.47. The van der Waals surface area contributed by atoms with Crippen LogP contribution in [0.2, 0.25) is 0 Å². The number of amides is 2. The highest BCUT2D eigenvalue weighted by Crippen LogP contribution is 2.40. The molecule has 2 fully saturated rings. The highest BCUT2D eigenvalue weighted by atomic mass is 16.5. The van der Waals surface area contributed by atoms with Gasteiger partial charge in [-0.05, 0) is 48.9 Å². The Hall–Kier alpha value is -2.83. The van der Waals surface area contributed by atoms with Crippen LogP contribution in [-0.4, -0.2) is 64.9 Å². The van der Waals surface area contributed by atoms with Crippen molar-refractivity contribution in [3.63, 3.8) is 0 Å². The van der Waals surface area contributed by atoms with Crippen molar-refractivity contribution in [3.05, 3.63) is 48.0 Å². The van der Waals surface area contributed by atoms with Gasteiger partial charge in [0.05, 0.1) is 13.4 Å². The minimum Gasteiger partial charge on any atom is -0.497 e. The lowest BCUT2D eigenvalue weighted by atomic mass is 9.72. The zero-order valence-corrected chi connectivity index (χ0v) is 16.9. The number of aromatic amines is 1. The van der Waals surface area contributed by atoms with Crippen LogP contribution < -0.4 is 4.74 Å². The number of ether oxygens (including phenoxy) is 1. The van der Waals surface area contributed by atoms with Gasteiger partial charge in [-0.1, -0.05) is 0 Å². The number of hydrogen-bond acceptors (Lipinski definition) is 4. The fourth-order valence-corrected chi connectivity index (χ4v) is 4.49. The van der Waals surface area contributed by atoms with E-state index in [2.05, 4.69) is 9.97 Å². The molecule has 2 aromatic rings. The first kappa shape index (κ1) is 19.5. The maximum Gasteiger partial charge on any atom is 0.253 e. The van der Waals surface area contributed by atoms with Gasteiger partial charge in [-0.15, -0.1) is 0 Å². The van der Waals surface area contributed by atoms with Gasteiger partial charge in [-0.25, -0.2) is 4.98 Å². The number of nitrogens with one attached hydrogen (secondary N) is 1. The second kappa shape index (κ2) is 8.27. The molecular formula is C22H28N4O3. The minimum atomic E-state index is 0.0745. The van der Waals surface area contributed by atoms with E-state index in [1.807, 2.05) is 40.3 Å². The maximum atomic E-state index is 12.8. The van der Waals surface area contributed by atoms with Crippen molar-refractivity contribution < 1.29 is 14.3 Å². The number of methoxy groups -OCH3 is 1. The van der Waals surface area contributed by atoms with Gasteiger partial charge in [0.15, 0.2) is 0 Å². The van der Waals surface area contributed by atoms with Gasteiger partial charge in [0.25, 0.3) is 5.91 Å². The number of likely N-dealkylation sites (tertiary alicyclic amines) is 2. The molecule has 0 saturated carbocycles. The van der Waals surface area contributed by atoms with Crippen molar-refractivity contribution >= 4 is 11.8 Å². The van der Waals surface area contributed by atoms with Crippen LogP contribution in [0.4, 0.5) is 0 Å². The average Bonchev–Trinajstić information content (AvgIpc) is 3.28. The summed E-state index contributed by atoms with van der Waals surface area (Å²) in [6.45, 7) is 3.00. The molecule has 2 aliphatic rings. The smallest absolute Gasteiger partial charge is 0.253 e. The number of piperidine rings is 2. The van der Waals surface area contributed by atoms with Crippen LogP contribution in [0.1, 0.15) is 41.7 Å². The summed E-state index contributed by atoms with van der Waals surface area (Å²) in [7, 11) is 1.62. The molecule has 1 spiro atoms. The number of H-pyrrole nitrogens is 1. The summed E-state index contributed by atoms with van der Waals surface area (Å²) in [4.78, 5) is 36.3. The molecule has 2 saturated heterocycles. The minimum absolute atomic E-state index is 0.0745. The van der Waals surface area contributed by atoms with Crippen LogP contribution in [0.5, 0.6) is 5.75 Å². The largest absolute Gasteiger partial charge is 0.497 e. The molecule has 0 aliphatic carbocycles. The van der Waals surface area contributed by atoms with E-state index >= 15 is 0 Å². The topological polar surface area (TPSA) is 78.5 Å². The number of imidazole rings is 1. The van der Waals surface area contributed by atoms with E-state index in [1.165, 1.54) is 0 Å². The van der Waals surface area contributed by atoms with Gasteiger partial charge < -0.3 is 19.5 Å². The molecule has 4 rings (SSSR count). The van der Waals surface area contributed by atoms with Crippen LogP contribution in [0.3, 0.4) is 0 Å². The highest BCUT2D eigenvalue weighted by molar-refractivity contribution is 5.94. The predicted molar refractivity (Wildman–Crippen MR) is 109 cm³/mol. The quantitative estimate of drug-likeness (QED) is 0.842. The molecule has 0 radical (unpaired) electrons. The molecule has 1 N–H and O–H groups in total. The van der Waals surface area contributed by atoms with Gasteiger partial charge in [0, 0.05) is 56.5 Å². The van der Waals surface area contributed by atoms with E-state index in [0.29, 0.717) is 12.0 Å². The number of nitrogens with zero attached hydrogens (tertiary/aromatic N) is 3. The molecule has 0 bridgehead atoms. The monoisotopic (exact) mass is 396 g/mol. The molecule has 154 valence electrons. The Balaban J connectivity index is 1.34. The molecule has 1 aromatic carbocycles. The number of hydrogen-bond donors (Lipinski definition) is 1. The van der Waals surface area contributed by atoms with Crippen LogP contribution in [0.15, 0.2) is 36.8 Å². The second-order valence-corrected chi connectivity index (χ2v) is 8.16. The van der Waals surface area contributed by atoms with Crippen LogP contribution in [0, 0.1) is 5.41 Å². The number of aromatic nitrogens is 2. The van der Waals surface area contributed by atoms with Gasteiger partial charge >= 0.3 is 0 Å². The van der Waals surface area contributed by atoms with Crippen LogP contribution in [0.25, 0.3) is 0 Å². The molecule has 0 atom stereocenters. The summed E-state index contributed by atoms with van der Waals surface area (Å²) in [6.07, 6.45) is 7.71. The Morgan fingerprint density at radius 3 is 2.62 bits per heavy atom. The van der Waals surface area contributed by atoms with E-state index in [0.717, 1.165) is 63.3 Å². The highest BCUT2D eigenvalue weighted by Gasteiger charge is 2.41. The van der Waals surface area contributed by atoms with Crippen LogP contribution in [-0.2, 0) is 11.2 Å². The van der Waals surface area contributed by atoms with Crippen molar-refractivity contribution in [2.75, 3.05) is 33.3 Å². The second-order valence-electron chi connectivity index (χ2n) is 8.16. The molecule has 2 aliphatic heterocycles. The number of carbonyl (C=O) groups excluding carboxylic acids is 2. The molecule has 2 amide bonds. The summed E-state index contributed by atoms with van der Waals surface area (Å²) in [5.41, 5.74) is 1.89. The van der Waals surface area contributed by atoms with Gasteiger partial charge in [-0.2, -0.15) is 0 Å². The Labute approximate surface area is 171 Å². The Kier molecular flexibility index (Phi) is 5.56. The van der Waals surface area contributed by atoms with E-state index in [9.17, 15) is 9.59 Å². The van der Waals surface area contributed by atoms with E-state index in [1.54, 1.807) is 13.4 Å². The fraction of sp³-hybridized carbons (Fsp3) is 0.500.